The van der Waals surface area contributed by atoms with Crippen molar-refractivity contribution in [1.82, 2.24) is 4.90 Å². The minimum atomic E-state index is -0.200. The molecular formula is C16H23NO3S. The van der Waals surface area contributed by atoms with Gasteiger partial charge in [0.05, 0.1) is 30.7 Å². The van der Waals surface area contributed by atoms with Gasteiger partial charge in [-0.1, -0.05) is 13.3 Å². The lowest BCUT2D eigenvalue weighted by Crippen LogP contribution is -2.50. The van der Waals surface area contributed by atoms with Crippen molar-refractivity contribution >= 4 is 17.2 Å². The fourth-order valence-electron chi connectivity index (χ4n) is 3.27. The summed E-state index contributed by atoms with van der Waals surface area (Å²) in [4.78, 5) is 16.7. The molecule has 1 amide bonds. The van der Waals surface area contributed by atoms with E-state index in [4.69, 9.17) is 4.74 Å². The molecule has 1 saturated heterocycles. The van der Waals surface area contributed by atoms with E-state index in [1.54, 1.807) is 16.2 Å². The van der Waals surface area contributed by atoms with Gasteiger partial charge in [-0.25, -0.2) is 0 Å². The Labute approximate surface area is 129 Å². The second-order valence-electron chi connectivity index (χ2n) is 5.99. The van der Waals surface area contributed by atoms with Crippen molar-refractivity contribution in [2.75, 3.05) is 26.4 Å². The van der Waals surface area contributed by atoms with Gasteiger partial charge in [0.15, 0.2) is 0 Å². The Morgan fingerprint density at radius 1 is 1.57 bits per heavy atom. The average Bonchev–Trinajstić information content (AvgIpc) is 2.96. The van der Waals surface area contributed by atoms with Gasteiger partial charge in [-0.05, 0) is 36.8 Å². The zero-order valence-electron chi connectivity index (χ0n) is 12.5. The van der Waals surface area contributed by atoms with E-state index in [2.05, 4.69) is 13.0 Å². The van der Waals surface area contributed by atoms with Gasteiger partial charge in [0, 0.05) is 11.4 Å². The van der Waals surface area contributed by atoms with E-state index >= 15 is 0 Å². The molecule has 1 aliphatic carbocycles. The normalized spacial score (nSPS) is 25.7. The number of amides is 1. The number of aliphatic hydroxyl groups excluding tert-OH is 1. The molecule has 3 rings (SSSR count). The van der Waals surface area contributed by atoms with Gasteiger partial charge in [0.25, 0.3) is 5.91 Å². The molecule has 0 saturated carbocycles. The molecule has 0 aromatic carbocycles. The third-order valence-electron chi connectivity index (χ3n) is 4.67. The molecule has 2 heterocycles. The molecule has 1 aromatic heterocycles. The molecule has 21 heavy (non-hydrogen) atoms. The lowest BCUT2D eigenvalue weighted by Gasteiger charge is -2.34. The molecule has 1 aliphatic heterocycles. The molecule has 0 spiro atoms. The third-order valence-corrected chi connectivity index (χ3v) is 5.90. The third kappa shape index (κ3) is 3.00. The zero-order chi connectivity index (χ0) is 14.8. The van der Waals surface area contributed by atoms with Crippen molar-refractivity contribution in [1.29, 1.82) is 0 Å². The van der Waals surface area contributed by atoms with E-state index in [0.717, 1.165) is 23.6 Å². The molecule has 2 atom stereocenters. The van der Waals surface area contributed by atoms with Crippen LogP contribution in [0.15, 0.2) is 6.07 Å². The van der Waals surface area contributed by atoms with Crippen molar-refractivity contribution in [3.8, 4) is 0 Å². The summed E-state index contributed by atoms with van der Waals surface area (Å²) < 4.78 is 5.35. The first kappa shape index (κ1) is 15.0. The number of aryl methyl sites for hydroxylation is 1. The number of thiophene rings is 1. The second-order valence-corrected chi connectivity index (χ2v) is 7.12. The number of hydrogen-bond acceptors (Lipinski definition) is 4. The summed E-state index contributed by atoms with van der Waals surface area (Å²) in [7, 11) is 0. The minimum absolute atomic E-state index is 0.0330. The lowest BCUT2D eigenvalue weighted by atomic mass is 9.87. The highest BCUT2D eigenvalue weighted by Crippen LogP contribution is 2.34. The van der Waals surface area contributed by atoms with E-state index in [9.17, 15) is 9.90 Å². The number of hydrogen-bond donors (Lipinski definition) is 1. The van der Waals surface area contributed by atoms with Crippen LogP contribution in [0, 0.1) is 5.92 Å². The topological polar surface area (TPSA) is 49.8 Å². The fraction of sp³-hybridized carbons (Fsp3) is 0.688. The van der Waals surface area contributed by atoms with Gasteiger partial charge < -0.3 is 14.7 Å². The predicted octanol–water partition coefficient (Wildman–Crippen LogP) is 2.10. The summed E-state index contributed by atoms with van der Waals surface area (Å²) in [6.45, 7) is 3.78. The van der Waals surface area contributed by atoms with Crippen molar-refractivity contribution in [3.05, 3.63) is 21.4 Å². The maximum atomic E-state index is 12.7. The predicted molar refractivity (Wildman–Crippen MR) is 82.9 cm³/mol. The molecule has 2 aliphatic rings. The van der Waals surface area contributed by atoms with E-state index < -0.39 is 0 Å². The highest BCUT2D eigenvalue weighted by atomic mass is 32.1. The van der Waals surface area contributed by atoms with Crippen molar-refractivity contribution < 1.29 is 14.6 Å². The lowest BCUT2D eigenvalue weighted by molar-refractivity contribution is -0.0181. The first-order chi connectivity index (χ1) is 10.2. The van der Waals surface area contributed by atoms with Gasteiger partial charge in [-0.2, -0.15) is 0 Å². The summed E-state index contributed by atoms with van der Waals surface area (Å²) in [6.07, 6.45) is 4.68. The van der Waals surface area contributed by atoms with Crippen LogP contribution in [0.5, 0.6) is 0 Å². The number of rotatable bonds is 3. The first-order valence-corrected chi connectivity index (χ1v) is 8.65. The molecule has 0 radical (unpaired) electrons. The summed E-state index contributed by atoms with van der Waals surface area (Å²) in [6, 6.07) is 1.89. The van der Waals surface area contributed by atoms with Crippen LogP contribution < -0.4 is 0 Å². The van der Waals surface area contributed by atoms with E-state index in [1.165, 1.54) is 23.3 Å². The van der Waals surface area contributed by atoms with Crippen LogP contribution in [-0.4, -0.2) is 48.3 Å². The maximum Gasteiger partial charge on any atom is 0.264 e. The Morgan fingerprint density at radius 3 is 3.19 bits per heavy atom. The zero-order valence-corrected chi connectivity index (χ0v) is 13.3. The highest BCUT2D eigenvalue weighted by molar-refractivity contribution is 7.14. The Morgan fingerprint density at radius 2 is 2.43 bits per heavy atom. The van der Waals surface area contributed by atoms with E-state index in [1.807, 2.05) is 0 Å². The molecule has 1 fully saturated rings. The average molecular weight is 309 g/mol. The Bertz CT molecular complexity index is 514. The number of fused-ring (bicyclic) bond motifs is 1. The SMILES string of the molecule is CCC1CCc2sc(C(=O)N3CCOCC3CO)cc2C1. The van der Waals surface area contributed by atoms with Gasteiger partial charge in [-0.3, -0.25) is 4.79 Å². The monoisotopic (exact) mass is 309 g/mol. The second kappa shape index (κ2) is 6.46. The number of ether oxygens (including phenoxy) is 1. The number of aliphatic hydroxyl groups is 1. The minimum Gasteiger partial charge on any atom is -0.394 e. The highest BCUT2D eigenvalue weighted by Gasteiger charge is 2.30. The van der Waals surface area contributed by atoms with Gasteiger partial charge in [0.1, 0.15) is 0 Å². The molecule has 2 unspecified atom stereocenters. The number of carbonyl (C=O) groups is 1. The molecule has 0 bridgehead atoms. The summed E-state index contributed by atoms with van der Waals surface area (Å²) in [5.41, 5.74) is 1.37. The summed E-state index contributed by atoms with van der Waals surface area (Å²) in [5, 5.41) is 9.42. The fourth-order valence-corrected chi connectivity index (χ4v) is 4.43. The van der Waals surface area contributed by atoms with Gasteiger partial charge in [-0.15, -0.1) is 11.3 Å². The van der Waals surface area contributed by atoms with Crippen LogP contribution in [-0.2, 0) is 17.6 Å². The maximum absolute atomic E-state index is 12.7. The molecule has 4 nitrogen and oxygen atoms in total. The number of carbonyl (C=O) groups excluding carboxylic acids is 1. The van der Waals surface area contributed by atoms with E-state index in [0.29, 0.717) is 19.8 Å². The van der Waals surface area contributed by atoms with Crippen LogP contribution in [0.1, 0.15) is 39.9 Å². The Balaban J connectivity index is 1.77. The number of morpholine rings is 1. The summed E-state index contributed by atoms with van der Waals surface area (Å²) in [5.74, 6) is 0.827. The van der Waals surface area contributed by atoms with Crippen LogP contribution in [0.3, 0.4) is 0 Å². The Kier molecular flexibility index (Phi) is 4.62. The first-order valence-electron chi connectivity index (χ1n) is 7.84. The standard InChI is InChI=1S/C16H23NO3S/c1-2-11-3-4-14-12(7-11)8-15(21-14)16(19)17-5-6-20-10-13(17)9-18/h8,11,13,18H,2-7,9-10H2,1H3. The van der Waals surface area contributed by atoms with Gasteiger partial charge in [0.2, 0.25) is 0 Å². The Hall–Kier alpha value is -0.910. The number of nitrogens with zero attached hydrogens (tertiary/aromatic N) is 1. The van der Waals surface area contributed by atoms with E-state index in [-0.39, 0.29) is 18.6 Å². The molecule has 116 valence electrons. The largest absolute Gasteiger partial charge is 0.394 e. The quantitative estimate of drug-likeness (QED) is 0.930. The molecule has 5 heteroatoms. The molecule has 1 N–H and O–H groups in total. The van der Waals surface area contributed by atoms with Crippen molar-refractivity contribution in [2.24, 2.45) is 5.92 Å². The summed E-state index contributed by atoms with van der Waals surface area (Å²) >= 11 is 1.65. The van der Waals surface area contributed by atoms with Gasteiger partial charge >= 0.3 is 0 Å². The van der Waals surface area contributed by atoms with Crippen molar-refractivity contribution in [3.63, 3.8) is 0 Å². The van der Waals surface area contributed by atoms with Crippen molar-refractivity contribution in [2.45, 2.75) is 38.6 Å². The van der Waals surface area contributed by atoms with Crippen LogP contribution >= 0.6 is 11.3 Å². The molecule has 1 aromatic rings. The van der Waals surface area contributed by atoms with Crippen LogP contribution in [0.2, 0.25) is 0 Å². The smallest absolute Gasteiger partial charge is 0.264 e. The van der Waals surface area contributed by atoms with Crippen LogP contribution in [0.25, 0.3) is 0 Å². The molecular weight excluding hydrogens is 286 g/mol. The van der Waals surface area contributed by atoms with Crippen LogP contribution in [0.4, 0.5) is 0 Å².